The second-order valence-electron chi connectivity index (χ2n) is 3.67. The maximum Gasteiger partial charge on any atom is 0.142 e. The number of ether oxygens (including phenoxy) is 1. The van der Waals surface area contributed by atoms with Crippen LogP contribution in [0.1, 0.15) is 12.0 Å². The fourth-order valence-electron chi connectivity index (χ4n) is 1.53. The number of aryl methyl sites for hydroxylation is 1. The van der Waals surface area contributed by atoms with Crippen molar-refractivity contribution in [1.82, 2.24) is 0 Å². The van der Waals surface area contributed by atoms with E-state index in [0.29, 0.717) is 0 Å². The number of nitrogens with zero attached hydrogens (tertiary/aromatic N) is 1. The molecule has 0 bridgehead atoms. The SMILES string of the molecule is COc1ccc(C)cc1N(C)CCCO. The van der Waals surface area contributed by atoms with Gasteiger partial charge in [-0.25, -0.2) is 0 Å². The minimum Gasteiger partial charge on any atom is -0.495 e. The van der Waals surface area contributed by atoms with E-state index < -0.39 is 0 Å². The van der Waals surface area contributed by atoms with E-state index in [1.54, 1.807) is 7.11 Å². The van der Waals surface area contributed by atoms with E-state index in [4.69, 9.17) is 9.84 Å². The van der Waals surface area contributed by atoms with Crippen LogP contribution in [0.2, 0.25) is 0 Å². The van der Waals surface area contributed by atoms with Gasteiger partial charge in [-0.1, -0.05) is 6.07 Å². The number of aliphatic hydroxyl groups is 1. The van der Waals surface area contributed by atoms with E-state index in [1.165, 1.54) is 5.56 Å². The van der Waals surface area contributed by atoms with Crippen LogP contribution in [-0.4, -0.2) is 32.4 Å². The minimum atomic E-state index is 0.221. The summed E-state index contributed by atoms with van der Waals surface area (Å²) in [7, 11) is 3.68. The second kappa shape index (κ2) is 5.61. The lowest BCUT2D eigenvalue weighted by atomic mass is 10.2. The molecule has 0 aliphatic carbocycles. The van der Waals surface area contributed by atoms with Crippen molar-refractivity contribution in [2.75, 3.05) is 32.2 Å². The predicted molar refractivity (Wildman–Crippen MR) is 62.7 cm³/mol. The van der Waals surface area contributed by atoms with Gasteiger partial charge < -0.3 is 14.7 Å². The van der Waals surface area contributed by atoms with E-state index in [9.17, 15) is 0 Å². The highest BCUT2D eigenvalue weighted by Gasteiger charge is 2.07. The van der Waals surface area contributed by atoms with Crippen LogP contribution in [0.25, 0.3) is 0 Å². The van der Waals surface area contributed by atoms with E-state index in [1.807, 2.05) is 19.2 Å². The van der Waals surface area contributed by atoms with Crippen molar-refractivity contribution in [3.63, 3.8) is 0 Å². The predicted octanol–water partition coefficient (Wildman–Crippen LogP) is 1.82. The van der Waals surface area contributed by atoms with Crippen LogP contribution >= 0.6 is 0 Å². The molecule has 0 unspecified atom stereocenters. The van der Waals surface area contributed by atoms with E-state index >= 15 is 0 Å². The number of hydrogen-bond donors (Lipinski definition) is 1. The van der Waals surface area contributed by atoms with Gasteiger partial charge in [-0.05, 0) is 31.0 Å². The first-order chi connectivity index (χ1) is 7.19. The van der Waals surface area contributed by atoms with Gasteiger partial charge in [0.25, 0.3) is 0 Å². The molecule has 0 fully saturated rings. The number of aliphatic hydroxyl groups excluding tert-OH is 1. The standard InChI is InChI=1S/C12H19NO2/c1-10-5-6-12(15-3)11(9-10)13(2)7-4-8-14/h5-6,9,14H,4,7-8H2,1-3H3. The molecule has 0 atom stereocenters. The Morgan fingerprint density at radius 3 is 2.73 bits per heavy atom. The van der Waals surface area contributed by atoms with Crippen molar-refractivity contribution in [3.05, 3.63) is 23.8 Å². The van der Waals surface area contributed by atoms with Crippen molar-refractivity contribution in [2.45, 2.75) is 13.3 Å². The van der Waals surface area contributed by atoms with Gasteiger partial charge in [0.1, 0.15) is 5.75 Å². The Morgan fingerprint density at radius 1 is 1.40 bits per heavy atom. The average molecular weight is 209 g/mol. The summed E-state index contributed by atoms with van der Waals surface area (Å²) in [5.41, 5.74) is 2.28. The summed E-state index contributed by atoms with van der Waals surface area (Å²) in [6.07, 6.45) is 0.771. The lowest BCUT2D eigenvalue weighted by Crippen LogP contribution is -2.20. The van der Waals surface area contributed by atoms with Gasteiger partial charge in [-0.3, -0.25) is 0 Å². The summed E-state index contributed by atoms with van der Waals surface area (Å²) in [4.78, 5) is 2.10. The molecule has 3 nitrogen and oxygen atoms in total. The summed E-state index contributed by atoms with van der Waals surface area (Å²) >= 11 is 0. The molecule has 0 radical (unpaired) electrons. The molecule has 0 saturated carbocycles. The number of anilines is 1. The molecule has 0 heterocycles. The first-order valence-corrected chi connectivity index (χ1v) is 5.15. The smallest absolute Gasteiger partial charge is 0.142 e. The van der Waals surface area contributed by atoms with Crippen molar-refractivity contribution in [1.29, 1.82) is 0 Å². The Bertz CT molecular complexity index is 312. The largest absolute Gasteiger partial charge is 0.495 e. The van der Waals surface area contributed by atoms with Crippen molar-refractivity contribution < 1.29 is 9.84 Å². The molecule has 15 heavy (non-hydrogen) atoms. The molecule has 1 aromatic carbocycles. The molecule has 0 aliphatic rings. The van der Waals surface area contributed by atoms with Gasteiger partial charge >= 0.3 is 0 Å². The van der Waals surface area contributed by atoms with Crippen LogP contribution < -0.4 is 9.64 Å². The Kier molecular flexibility index (Phi) is 4.43. The van der Waals surface area contributed by atoms with Crippen LogP contribution in [0.15, 0.2) is 18.2 Å². The van der Waals surface area contributed by atoms with Crippen molar-refractivity contribution in [2.24, 2.45) is 0 Å². The van der Waals surface area contributed by atoms with Crippen LogP contribution in [-0.2, 0) is 0 Å². The maximum absolute atomic E-state index is 8.79. The molecule has 0 aliphatic heterocycles. The summed E-state index contributed by atoms with van der Waals surface area (Å²) in [6, 6.07) is 6.10. The van der Waals surface area contributed by atoms with Gasteiger partial charge in [-0.2, -0.15) is 0 Å². The lowest BCUT2D eigenvalue weighted by molar-refractivity contribution is 0.290. The normalized spacial score (nSPS) is 10.1. The van der Waals surface area contributed by atoms with Crippen LogP contribution in [0.4, 0.5) is 5.69 Å². The molecular weight excluding hydrogens is 190 g/mol. The Balaban J connectivity index is 2.85. The molecule has 1 N–H and O–H groups in total. The lowest BCUT2D eigenvalue weighted by Gasteiger charge is -2.21. The quantitative estimate of drug-likeness (QED) is 0.803. The van der Waals surface area contributed by atoms with Gasteiger partial charge in [0, 0.05) is 20.2 Å². The zero-order valence-corrected chi connectivity index (χ0v) is 9.66. The third-order valence-corrected chi connectivity index (χ3v) is 2.40. The average Bonchev–Trinajstić information content (AvgIpc) is 2.25. The molecule has 0 saturated heterocycles. The number of benzene rings is 1. The Labute approximate surface area is 91.3 Å². The molecule has 0 spiro atoms. The third-order valence-electron chi connectivity index (χ3n) is 2.40. The van der Waals surface area contributed by atoms with Crippen molar-refractivity contribution >= 4 is 5.69 Å². The Morgan fingerprint density at radius 2 is 2.13 bits per heavy atom. The van der Waals surface area contributed by atoms with Crippen molar-refractivity contribution in [3.8, 4) is 5.75 Å². The maximum atomic E-state index is 8.79. The highest BCUT2D eigenvalue weighted by Crippen LogP contribution is 2.28. The summed E-state index contributed by atoms with van der Waals surface area (Å²) < 4.78 is 5.30. The molecule has 0 aromatic heterocycles. The highest BCUT2D eigenvalue weighted by atomic mass is 16.5. The summed E-state index contributed by atoms with van der Waals surface area (Å²) in [5.74, 6) is 0.876. The molecule has 1 rings (SSSR count). The topological polar surface area (TPSA) is 32.7 Å². The first kappa shape index (κ1) is 11.9. The highest BCUT2D eigenvalue weighted by molar-refractivity contribution is 5.59. The van der Waals surface area contributed by atoms with Gasteiger partial charge in [0.05, 0.1) is 12.8 Å². The van der Waals surface area contributed by atoms with E-state index in [0.717, 1.165) is 24.4 Å². The van der Waals surface area contributed by atoms with Crippen LogP contribution in [0.3, 0.4) is 0 Å². The van der Waals surface area contributed by atoms with E-state index in [2.05, 4.69) is 17.9 Å². The fourth-order valence-corrected chi connectivity index (χ4v) is 1.53. The van der Waals surface area contributed by atoms with Gasteiger partial charge in [0.15, 0.2) is 0 Å². The fraction of sp³-hybridized carbons (Fsp3) is 0.500. The number of rotatable bonds is 5. The molecule has 3 heteroatoms. The van der Waals surface area contributed by atoms with Gasteiger partial charge in [0.2, 0.25) is 0 Å². The Hall–Kier alpha value is -1.22. The van der Waals surface area contributed by atoms with Crippen LogP contribution in [0.5, 0.6) is 5.75 Å². The monoisotopic (exact) mass is 209 g/mol. The third kappa shape index (κ3) is 3.13. The van der Waals surface area contributed by atoms with Crippen LogP contribution in [0, 0.1) is 6.92 Å². The molecule has 0 amide bonds. The second-order valence-corrected chi connectivity index (χ2v) is 3.67. The molecule has 1 aromatic rings. The molecular formula is C12H19NO2. The zero-order chi connectivity index (χ0) is 11.3. The summed E-state index contributed by atoms with van der Waals surface area (Å²) in [6.45, 7) is 3.11. The zero-order valence-electron chi connectivity index (χ0n) is 9.66. The molecule has 84 valence electrons. The minimum absolute atomic E-state index is 0.221. The number of hydrogen-bond acceptors (Lipinski definition) is 3. The number of methoxy groups -OCH3 is 1. The summed E-state index contributed by atoms with van der Waals surface area (Å²) in [5, 5.41) is 8.79. The van der Waals surface area contributed by atoms with Gasteiger partial charge in [-0.15, -0.1) is 0 Å². The van der Waals surface area contributed by atoms with E-state index in [-0.39, 0.29) is 6.61 Å². The first-order valence-electron chi connectivity index (χ1n) is 5.15.